The van der Waals surface area contributed by atoms with Gasteiger partial charge in [0.2, 0.25) is 0 Å². The van der Waals surface area contributed by atoms with Gasteiger partial charge in [0.15, 0.2) is 0 Å². The number of esters is 1. The van der Waals surface area contributed by atoms with E-state index in [1.54, 1.807) is 0 Å². The van der Waals surface area contributed by atoms with E-state index in [2.05, 4.69) is 39.9 Å². The van der Waals surface area contributed by atoms with Gasteiger partial charge in [-0.3, -0.25) is 4.79 Å². The van der Waals surface area contributed by atoms with Gasteiger partial charge in [-0.25, -0.2) is 0 Å². The number of anilines is 1. The third kappa shape index (κ3) is 5.54. The number of halogens is 1. The third-order valence-corrected chi connectivity index (χ3v) is 3.20. The van der Waals surface area contributed by atoms with E-state index in [-0.39, 0.29) is 5.97 Å². The SMILES string of the molecule is CCN(CCOC(=O)CCCBr)c1ccccc1. The molecule has 3 nitrogen and oxygen atoms in total. The molecule has 0 unspecified atom stereocenters. The maximum Gasteiger partial charge on any atom is 0.305 e. The van der Waals surface area contributed by atoms with Gasteiger partial charge in [0, 0.05) is 24.0 Å². The molecule has 1 rings (SSSR count). The number of rotatable bonds is 8. The lowest BCUT2D eigenvalue weighted by Crippen LogP contribution is -2.27. The van der Waals surface area contributed by atoms with E-state index in [1.807, 2.05) is 18.2 Å². The molecule has 0 fully saturated rings. The van der Waals surface area contributed by atoms with Gasteiger partial charge >= 0.3 is 5.97 Å². The van der Waals surface area contributed by atoms with E-state index in [0.717, 1.165) is 30.5 Å². The van der Waals surface area contributed by atoms with Crippen LogP contribution in [0.3, 0.4) is 0 Å². The quantitative estimate of drug-likeness (QED) is 0.545. The lowest BCUT2D eigenvalue weighted by Gasteiger charge is -2.22. The van der Waals surface area contributed by atoms with Crippen LogP contribution in [0.15, 0.2) is 30.3 Å². The third-order valence-electron chi connectivity index (χ3n) is 2.64. The van der Waals surface area contributed by atoms with Gasteiger partial charge in [0.05, 0.1) is 6.54 Å². The van der Waals surface area contributed by atoms with Gasteiger partial charge in [0.1, 0.15) is 6.61 Å². The topological polar surface area (TPSA) is 29.5 Å². The highest BCUT2D eigenvalue weighted by Gasteiger charge is 2.06. The Labute approximate surface area is 117 Å². The number of para-hydroxylation sites is 1. The summed E-state index contributed by atoms with van der Waals surface area (Å²) in [4.78, 5) is 13.5. The molecule has 100 valence electrons. The lowest BCUT2D eigenvalue weighted by atomic mass is 10.3. The van der Waals surface area contributed by atoms with Crippen LogP contribution in [0, 0.1) is 0 Å². The molecule has 0 saturated carbocycles. The van der Waals surface area contributed by atoms with Crippen molar-refractivity contribution in [2.24, 2.45) is 0 Å². The molecule has 0 atom stereocenters. The van der Waals surface area contributed by atoms with Crippen molar-refractivity contribution in [3.63, 3.8) is 0 Å². The van der Waals surface area contributed by atoms with E-state index >= 15 is 0 Å². The Kier molecular flexibility index (Phi) is 7.49. The predicted molar refractivity (Wildman–Crippen MR) is 78.3 cm³/mol. The summed E-state index contributed by atoms with van der Waals surface area (Å²) >= 11 is 3.30. The van der Waals surface area contributed by atoms with Crippen molar-refractivity contribution in [2.75, 3.05) is 29.9 Å². The zero-order chi connectivity index (χ0) is 13.2. The van der Waals surface area contributed by atoms with Crippen molar-refractivity contribution >= 4 is 27.6 Å². The fourth-order valence-corrected chi connectivity index (χ4v) is 1.94. The van der Waals surface area contributed by atoms with Crippen LogP contribution in [0.1, 0.15) is 19.8 Å². The van der Waals surface area contributed by atoms with E-state index < -0.39 is 0 Å². The second-order valence-corrected chi connectivity index (χ2v) is 4.72. The van der Waals surface area contributed by atoms with Crippen LogP contribution in [0.5, 0.6) is 0 Å². The van der Waals surface area contributed by atoms with E-state index in [0.29, 0.717) is 13.0 Å². The van der Waals surface area contributed by atoms with Crippen molar-refractivity contribution in [1.29, 1.82) is 0 Å². The Morgan fingerprint density at radius 2 is 2.06 bits per heavy atom. The summed E-state index contributed by atoms with van der Waals surface area (Å²) in [5, 5.41) is 0.840. The van der Waals surface area contributed by atoms with E-state index in [9.17, 15) is 4.79 Å². The first kappa shape index (κ1) is 15.0. The van der Waals surface area contributed by atoms with Gasteiger partial charge < -0.3 is 9.64 Å². The van der Waals surface area contributed by atoms with Crippen LogP contribution in [-0.2, 0) is 9.53 Å². The van der Waals surface area contributed by atoms with E-state index in [1.165, 1.54) is 0 Å². The van der Waals surface area contributed by atoms with Crippen LogP contribution in [0.4, 0.5) is 5.69 Å². The molecule has 0 heterocycles. The first-order chi connectivity index (χ1) is 8.77. The van der Waals surface area contributed by atoms with Crippen LogP contribution < -0.4 is 4.90 Å². The van der Waals surface area contributed by atoms with Gasteiger partial charge in [-0.1, -0.05) is 34.1 Å². The molecule has 4 heteroatoms. The molecule has 0 amide bonds. The summed E-state index contributed by atoms with van der Waals surface area (Å²) < 4.78 is 5.20. The number of nitrogens with zero attached hydrogens (tertiary/aromatic N) is 1. The molecule has 0 aliphatic carbocycles. The second-order valence-electron chi connectivity index (χ2n) is 3.93. The molecule has 0 bridgehead atoms. The largest absolute Gasteiger partial charge is 0.464 e. The number of hydrogen-bond donors (Lipinski definition) is 0. The van der Waals surface area contributed by atoms with Crippen molar-refractivity contribution in [1.82, 2.24) is 0 Å². The molecule has 0 saturated heterocycles. The Hall–Kier alpha value is -1.03. The maximum atomic E-state index is 11.3. The fourth-order valence-electron chi connectivity index (χ4n) is 1.66. The van der Waals surface area contributed by atoms with Crippen LogP contribution in [-0.4, -0.2) is 31.0 Å². The molecule has 0 N–H and O–H groups in total. The van der Waals surface area contributed by atoms with E-state index in [4.69, 9.17) is 4.74 Å². The van der Waals surface area contributed by atoms with Crippen molar-refractivity contribution in [3.05, 3.63) is 30.3 Å². The summed E-state index contributed by atoms with van der Waals surface area (Å²) in [6.07, 6.45) is 1.32. The minimum atomic E-state index is -0.112. The molecule has 0 aliphatic rings. The lowest BCUT2D eigenvalue weighted by molar-refractivity contribution is -0.143. The summed E-state index contributed by atoms with van der Waals surface area (Å²) in [5.74, 6) is -0.112. The number of hydrogen-bond acceptors (Lipinski definition) is 3. The van der Waals surface area contributed by atoms with Crippen molar-refractivity contribution < 1.29 is 9.53 Å². The number of ether oxygens (including phenoxy) is 1. The molecule has 0 aromatic heterocycles. The smallest absolute Gasteiger partial charge is 0.305 e. The van der Waals surface area contributed by atoms with Gasteiger partial charge in [-0.2, -0.15) is 0 Å². The Morgan fingerprint density at radius 1 is 1.33 bits per heavy atom. The predicted octanol–water partition coefficient (Wildman–Crippen LogP) is 3.23. The molecule has 1 aromatic rings. The van der Waals surface area contributed by atoms with Crippen LogP contribution in [0.25, 0.3) is 0 Å². The average molecular weight is 314 g/mol. The number of carbonyl (C=O) groups excluding carboxylic acids is 1. The fraction of sp³-hybridized carbons (Fsp3) is 0.500. The average Bonchev–Trinajstić information content (AvgIpc) is 2.42. The highest BCUT2D eigenvalue weighted by Crippen LogP contribution is 2.12. The molecule has 0 aliphatic heterocycles. The second kappa shape index (κ2) is 8.97. The number of likely N-dealkylation sites (N-methyl/N-ethyl adjacent to an activating group) is 1. The molecule has 18 heavy (non-hydrogen) atoms. The molecular formula is C14H20BrNO2. The summed E-state index contributed by atoms with van der Waals surface area (Å²) in [6, 6.07) is 10.2. The summed E-state index contributed by atoms with van der Waals surface area (Å²) in [5.41, 5.74) is 1.16. The van der Waals surface area contributed by atoms with Crippen LogP contribution in [0.2, 0.25) is 0 Å². The molecule has 1 aromatic carbocycles. The summed E-state index contributed by atoms with van der Waals surface area (Å²) in [6.45, 7) is 4.19. The zero-order valence-electron chi connectivity index (χ0n) is 10.8. The Morgan fingerprint density at radius 3 is 2.67 bits per heavy atom. The molecule has 0 spiro atoms. The number of alkyl halides is 1. The van der Waals surface area contributed by atoms with Gasteiger partial charge in [0.25, 0.3) is 0 Å². The highest BCUT2D eigenvalue weighted by atomic mass is 79.9. The Balaban J connectivity index is 2.30. The summed E-state index contributed by atoms with van der Waals surface area (Å²) in [7, 11) is 0. The maximum absolute atomic E-state index is 11.3. The minimum Gasteiger partial charge on any atom is -0.464 e. The van der Waals surface area contributed by atoms with Gasteiger partial charge in [-0.05, 0) is 25.5 Å². The molecular weight excluding hydrogens is 294 g/mol. The first-order valence-corrected chi connectivity index (χ1v) is 7.41. The van der Waals surface area contributed by atoms with Gasteiger partial charge in [-0.15, -0.1) is 0 Å². The Bertz CT molecular complexity index is 343. The first-order valence-electron chi connectivity index (χ1n) is 6.29. The number of carbonyl (C=O) groups is 1. The normalized spacial score (nSPS) is 10.1. The van der Waals surface area contributed by atoms with Crippen molar-refractivity contribution in [3.8, 4) is 0 Å². The number of benzene rings is 1. The molecule has 0 radical (unpaired) electrons. The highest BCUT2D eigenvalue weighted by molar-refractivity contribution is 9.09. The minimum absolute atomic E-state index is 0.112. The van der Waals surface area contributed by atoms with Crippen LogP contribution >= 0.6 is 15.9 Å². The monoisotopic (exact) mass is 313 g/mol. The zero-order valence-corrected chi connectivity index (χ0v) is 12.4. The van der Waals surface area contributed by atoms with Crippen molar-refractivity contribution in [2.45, 2.75) is 19.8 Å². The standard InChI is InChI=1S/C14H20BrNO2/c1-2-16(13-7-4-3-5-8-13)11-12-18-14(17)9-6-10-15/h3-5,7-8H,2,6,9-12H2,1H3.